The Balaban J connectivity index is 2.59. The molecule has 108 valence electrons. The van der Waals surface area contributed by atoms with Crippen molar-refractivity contribution in [1.82, 2.24) is 4.90 Å². The highest BCUT2D eigenvalue weighted by Crippen LogP contribution is 2.37. The molecule has 0 aliphatic heterocycles. The molecule has 0 radical (unpaired) electrons. The van der Waals surface area contributed by atoms with E-state index in [1.165, 1.54) is 38.5 Å². The van der Waals surface area contributed by atoms with Gasteiger partial charge in [-0.1, -0.05) is 19.8 Å². The van der Waals surface area contributed by atoms with E-state index in [2.05, 4.69) is 25.8 Å². The van der Waals surface area contributed by atoms with Crippen molar-refractivity contribution in [2.45, 2.75) is 64.0 Å². The van der Waals surface area contributed by atoms with Crippen molar-refractivity contribution in [3.8, 4) is 0 Å². The maximum Gasteiger partial charge on any atom is 0.0615 e. The Morgan fingerprint density at radius 3 is 2.44 bits per heavy atom. The molecule has 3 nitrogen and oxygen atoms in total. The summed E-state index contributed by atoms with van der Waals surface area (Å²) in [7, 11) is 3.99. The number of methoxy groups -OCH3 is 1. The summed E-state index contributed by atoms with van der Waals surface area (Å²) in [6.07, 6.45) is 7.88. The van der Waals surface area contributed by atoms with Gasteiger partial charge in [-0.05, 0) is 45.6 Å². The van der Waals surface area contributed by atoms with Gasteiger partial charge in [0.25, 0.3) is 0 Å². The summed E-state index contributed by atoms with van der Waals surface area (Å²) < 4.78 is 5.28. The van der Waals surface area contributed by atoms with Gasteiger partial charge in [0, 0.05) is 25.2 Å². The van der Waals surface area contributed by atoms with E-state index in [4.69, 9.17) is 10.5 Å². The molecular weight excluding hydrogens is 224 g/mol. The first-order valence-electron chi connectivity index (χ1n) is 7.51. The third kappa shape index (κ3) is 3.69. The Kier molecular flexibility index (Phi) is 6.61. The predicted molar refractivity (Wildman–Crippen MR) is 77.8 cm³/mol. The van der Waals surface area contributed by atoms with Gasteiger partial charge in [0.2, 0.25) is 0 Å². The highest BCUT2D eigenvalue weighted by atomic mass is 16.5. The first-order chi connectivity index (χ1) is 8.59. The Hall–Kier alpha value is -0.120. The minimum atomic E-state index is 0.211. The van der Waals surface area contributed by atoms with Crippen LogP contribution in [-0.2, 0) is 4.74 Å². The summed E-state index contributed by atoms with van der Waals surface area (Å²) in [5, 5.41) is 0. The molecule has 0 aromatic rings. The Morgan fingerprint density at radius 2 is 2.00 bits per heavy atom. The van der Waals surface area contributed by atoms with E-state index in [9.17, 15) is 0 Å². The molecule has 1 unspecified atom stereocenters. The van der Waals surface area contributed by atoms with Crippen LogP contribution in [-0.4, -0.2) is 43.8 Å². The van der Waals surface area contributed by atoms with Crippen molar-refractivity contribution in [3.63, 3.8) is 0 Å². The third-order valence-electron chi connectivity index (χ3n) is 4.93. The van der Waals surface area contributed by atoms with Crippen molar-refractivity contribution < 1.29 is 4.74 Å². The number of hydrogen-bond donors (Lipinski definition) is 1. The SMILES string of the molecule is CCCC1CCC(CN)(N(C)C(C)COC)CC1. The van der Waals surface area contributed by atoms with E-state index < -0.39 is 0 Å². The van der Waals surface area contributed by atoms with Crippen LogP contribution < -0.4 is 5.73 Å². The molecule has 1 fully saturated rings. The van der Waals surface area contributed by atoms with Gasteiger partial charge >= 0.3 is 0 Å². The largest absolute Gasteiger partial charge is 0.383 e. The molecule has 1 atom stereocenters. The third-order valence-corrected chi connectivity index (χ3v) is 4.93. The molecule has 3 heteroatoms. The molecule has 0 heterocycles. The topological polar surface area (TPSA) is 38.5 Å². The number of hydrogen-bond acceptors (Lipinski definition) is 3. The second kappa shape index (κ2) is 7.46. The van der Waals surface area contributed by atoms with Crippen molar-refractivity contribution in [1.29, 1.82) is 0 Å². The Morgan fingerprint density at radius 1 is 1.39 bits per heavy atom. The fraction of sp³-hybridized carbons (Fsp3) is 1.00. The summed E-state index contributed by atoms with van der Waals surface area (Å²) in [5.41, 5.74) is 6.32. The van der Waals surface area contributed by atoms with Crippen molar-refractivity contribution in [2.24, 2.45) is 11.7 Å². The van der Waals surface area contributed by atoms with Crippen LogP contribution in [0, 0.1) is 5.92 Å². The summed E-state index contributed by atoms with van der Waals surface area (Å²) in [6, 6.07) is 0.446. The molecule has 0 saturated heterocycles. The van der Waals surface area contributed by atoms with E-state index >= 15 is 0 Å². The lowest BCUT2D eigenvalue weighted by Crippen LogP contribution is -2.57. The molecule has 0 aromatic carbocycles. The monoisotopic (exact) mass is 256 g/mol. The van der Waals surface area contributed by atoms with E-state index in [0.29, 0.717) is 6.04 Å². The van der Waals surface area contributed by atoms with E-state index in [1.807, 2.05) is 0 Å². The number of rotatable bonds is 7. The highest BCUT2D eigenvalue weighted by molar-refractivity contribution is 4.96. The zero-order valence-electron chi connectivity index (χ0n) is 12.7. The van der Waals surface area contributed by atoms with Crippen molar-refractivity contribution >= 4 is 0 Å². The fourth-order valence-corrected chi connectivity index (χ4v) is 3.43. The molecule has 18 heavy (non-hydrogen) atoms. The van der Waals surface area contributed by atoms with E-state index in [0.717, 1.165) is 19.1 Å². The number of nitrogens with two attached hydrogens (primary N) is 1. The van der Waals surface area contributed by atoms with Crippen LogP contribution in [0.15, 0.2) is 0 Å². The maximum atomic E-state index is 6.11. The lowest BCUT2D eigenvalue weighted by atomic mass is 9.74. The molecule has 1 aliphatic rings. The zero-order valence-corrected chi connectivity index (χ0v) is 12.7. The highest BCUT2D eigenvalue weighted by Gasteiger charge is 2.38. The van der Waals surface area contributed by atoms with Gasteiger partial charge in [-0.2, -0.15) is 0 Å². The van der Waals surface area contributed by atoms with Gasteiger partial charge in [0.1, 0.15) is 0 Å². The van der Waals surface area contributed by atoms with Gasteiger partial charge in [0.05, 0.1) is 6.61 Å². The predicted octanol–water partition coefficient (Wildman–Crippen LogP) is 2.64. The Bertz CT molecular complexity index is 225. The molecular formula is C15H32N2O. The van der Waals surface area contributed by atoms with Crippen LogP contribution in [0.25, 0.3) is 0 Å². The van der Waals surface area contributed by atoms with Crippen LogP contribution >= 0.6 is 0 Å². The maximum absolute atomic E-state index is 6.11. The van der Waals surface area contributed by atoms with Gasteiger partial charge in [-0.25, -0.2) is 0 Å². The van der Waals surface area contributed by atoms with Gasteiger partial charge < -0.3 is 10.5 Å². The summed E-state index contributed by atoms with van der Waals surface area (Å²) in [4.78, 5) is 2.47. The molecule has 1 aliphatic carbocycles. The summed E-state index contributed by atoms with van der Waals surface area (Å²) >= 11 is 0. The van der Waals surface area contributed by atoms with Crippen LogP contribution in [0.4, 0.5) is 0 Å². The average molecular weight is 256 g/mol. The summed E-state index contributed by atoms with van der Waals surface area (Å²) in [6.45, 7) is 6.09. The smallest absolute Gasteiger partial charge is 0.0615 e. The van der Waals surface area contributed by atoms with E-state index in [1.54, 1.807) is 7.11 Å². The lowest BCUT2D eigenvalue weighted by Gasteiger charge is -2.48. The molecule has 1 rings (SSSR count). The number of ether oxygens (including phenoxy) is 1. The van der Waals surface area contributed by atoms with E-state index in [-0.39, 0.29) is 5.54 Å². The van der Waals surface area contributed by atoms with Crippen LogP contribution in [0.5, 0.6) is 0 Å². The normalized spacial score (nSPS) is 30.7. The molecule has 2 N–H and O–H groups in total. The van der Waals surface area contributed by atoms with Crippen LogP contribution in [0.2, 0.25) is 0 Å². The van der Waals surface area contributed by atoms with Crippen LogP contribution in [0.1, 0.15) is 52.4 Å². The standard InChI is InChI=1S/C15H32N2O/c1-5-6-14-7-9-15(12-16,10-8-14)17(3)13(2)11-18-4/h13-14H,5-12,16H2,1-4H3. The molecule has 0 spiro atoms. The molecule has 0 aromatic heterocycles. The summed E-state index contributed by atoms with van der Waals surface area (Å²) in [5.74, 6) is 0.931. The lowest BCUT2D eigenvalue weighted by molar-refractivity contribution is 0.00607. The van der Waals surface area contributed by atoms with Crippen molar-refractivity contribution in [3.05, 3.63) is 0 Å². The molecule has 0 amide bonds. The number of likely N-dealkylation sites (N-methyl/N-ethyl adjacent to an activating group) is 1. The second-order valence-electron chi connectivity index (χ2n) is 6.08. The molecule has 0 bridgehead atoms. The minimum Gasteiger partial charge on any atom is -0.383 e. The Labute approximate surface area is 113 Å². The minimum absolute atomic E-state index is 0.211. The van der Waals surface area contributed by atoms with Gasteiger partial charge in [0.15, 0.2) is 0 Å². The average Bonchev–Trinajstić information content (AvgIpc) is 2.40. The fourth-order valence-electron chi connectivity index (χ4n) is 3.43. The first-order valence-corrected chi connectivity index (χ1v) is 7.51. The quantitative estimate of drug-likeness (QED) is 0.761. The second-order valence-corrected chi connectivity index (χ2v) is 6.08. The van der Waals surface area contributed by atoms with Crippen LogP contribution in [0.3, 0.4) is 0 Å². The van der Waals surface area contributed by atoms with Gasteiger partial charge in [-0.15, -0.1) is 0 Å². The zero-order chi connectivity index (χ0) is 13.6. The molecule has 1 saturated carbocycles. The first kappa shape index (κ1) is 15.9. The van der Waals surface area contributed by atoms with Gasteiger partial charge in [-0.3, -0.25) is 4.90 Å². The van der Waals surface area contributed by atoms with Crippen molar-refractivity contribution in [2.75, 3.05) is 27.3 Å². The number of nitrogens with zero attached hydrogens (tertiary/aromatic N) is 1.